The molecule has 0 radical (unpaired) electrons. The van der Waals surface area contributed by atoms with E-state index in [4.69, 9.17) is 33.3 Å². The Morgan fingerprint density at radius 2 is 1.55 bits per heavy atom. The molecule has 0 bridgehead atoms. The largest absolute Gasteiger partial charge is 0.495 e. The molecular formula is C22H19ClFN3O3S. The molecule has 3 aromatic carbocycles. The molecule has 1 amide bonds. The van der Waals surface area contributed by atoms with Crippen molar-refractivity contribution in [2.24, 2.45) is 0 Å². The van der Waals surface area contributed by atoms with Crippen LogP contribution < -0.4 is 25.4 Å². The second kappa shape index (κ2) is 10.1. The number of carbonyl (C=O) groups is 1. The number of hydrogen-bond donors (Lipinski definition) is 3. The molecule has 0 aliphatic heterocycles. The van der Waals surface area contributed by atoms with E-state index >= 15 is 0 Å². The van der Waals surface area contributed by atoms with E-state index in [9.17, 15) is 9.18 Å². The van der Waals surface area contributed by atoms with Gasteiger partial charge in [0.05, 0.1) is 24.9 Å². The zero-order chi connectivity index (χ0) is 22.4. The van der Waals surface area contributed by atoms with Crippen LogP contribution >= 0.6 is 23.8 Å². The number of carbonyl (C=O) groups excluding carboxylic acids is 1. The summed E-state index contributed by atoms with van der Waals surface area (Å²) < 4.78 is 23.8. The van der Waals surface area contributed by atoms with Gasteiger partial charge < -0.3 is 25.4 Å². The Morgan fingerprint density at radius 3 is 2.16 bits per heavy atom. The van der Waals surface area contributed by atoms with Gasteiger partial charge in [-0.25, -0.2) is 4.39 Å². The molecule has 9 heteroatoms. The molecule has 0 saturated carbocycles. The first kappa shape index (κ1) is 22.3. The van der Waals surface area contributed by atoms with Gasteiger partial charge in [-0.3, -0.25) is 4.79 Å². The summed E-state index contributed by atoms with van der Waals surface area (Å²) in [5.74, 6) is 0.128. The first-order valence-corrected chi connectivity index (χ1v) is 9.84. The minimum atomic E-state index is -0.469. The summed E-state index contributed by atoms with van der Waals surface area (Å²) >= 11 is 11.5. The third kappa shape index (κ3) is 5.84. The van der Waals surface area contributed by atoms with Gasteiger partial charge in [-0.15, -0.1) is 0 Å². The molecule has 6 nitrogen and oxygen atoms in total. The summed E-state index contributed by atoms with van der Waals surface area (Å²) in [6.07, 6.45) is 0. The van der Waals surface area contributed by atoms with Gasteiger partial charge in [0.15, 0.2) is 5.11 Å². The molecule has 3 rings (SSSR count). The van der Waals surface area contributed by atoms with Crippen molar-refractivity contribution in [1.82, 2.24) is 0 Å². The second-order valence-electron chi connectivity index (χ2n) is 6.31. The van der Waals surface area contributed by atoms with Gasteiger partial charge in [-0.05, 0) is 60.7 Å². The normalized spacial score (nSPS) is 10.2. The van der Waals surface area contributed by atoms with Crippen LogP contribution in [0.5, 0.6) is 11.5 Å². The van der Waals surface area contributed by atoms with Crippen LogP contribution in [0.3, 0.4) is 0 Å². The number of nitrogens with one attached hydrogen (secondary N) is 3. The van der Waals surface area contributed by atoms with E-state index in [1.807, 2.05) is 0 Å². The van der Waals surface area contributed by atoms with Gasteiger partial charge in [0.2, 0.25) is 0 Å². The van der Waals surface area contributed by atoms with Crippen LogP contribution in [-0.2, 0) is 0 Å². The highest BCUT2D eigenvalue weighted by atomic mass is 35.5. The quantitative estimate of drug-likeness (QED) is 0.419. The predicted octanol–water partition coefficient (Wildman–Crippen LogP) is 5.56. The van der Waals surface area contributed by atoms with Crippen LogP contribution in [0, 0.1) is 5.82 Å². The van der Waals surface area contributed by atoms with E-state index in [0.29, 0.717) is 38.7 Å². The monoisotopic (exact) mass is 459 g/mol. The van der Waals surface area contributed by atoms with E-state index in [-0.39, 0.29) is 5.56 Å². The third-order valence-electron chi connectivity index (χ3n) is 4.21. The van der Waals surface area contributed by atoms with Crippen molar-refractivity contribution >= 4 is 51.9 Å². The molecule has 0 unspecified atom stereocenters. The lowest BCUT2D eigenvalue weighted by molar-refractivity contribution is 0.102. The van der Waals surface area contributed by atoms with E-state index in [1.54, 1.807) is 36.4 Å². The molecule has 0 heterocycles. The summed E-state index contributed by atoms with van der Waals surface area (Å²) in [6.45, 7) is 0. The molecule has 31 heavy (non-hydrogen) atoms. The van der Waals surface area contributed by atoms with E-state index < -0.39 is 11.7 Å². The fraction of sp³-hybridized carbons (Fsp3) is 0.0909. The number of ether oxygens (including phenoxy) is 2. The van der Waals surface area contributed by atoms with Gasteiger partial charge in [-0.1, -0.05) is 17.7 Å². The molecule has 3 N–H and O–H groups in total. The highest BCUT2D eigenvalue weighted by molar-refractivity contribution is 7.80. The van der Waals surface area contributed by atoms with Gasteiger partial charge >= 0.3 is 0 Å². The first-order valence-electron chi connectivity index (χ1n) is 9.06. The Hall–Kier alpha value is -3.36. The van der Waals surface area contributed by atoms with Gasteiger partial charge in [0.1, 0.15) is 17.3 Å². The fourth-order valence-electron chi connectivity index (χ4n) is 2.71. The minimum Gasteiger partial charge on any atom is -0.495 e. The maximum Gasteiger partial charge on any atom is 0.255 e. The van der Waals surface area contributed by atoms with Crippen LogP contribution in [0.2, 0.25) is 5.02 Å². The Kier molecular flexibility index (Phi) is 7.28. The number of thiocarbonyl (C=S) groups is 1. The van der Waals surface area contributed by atoms with Crippen LogP contribution in [0.4, 0.5) is 21.5 Å². The van der Waals surface area contributed by atoms with Crippen LogP contribution in [0.15, 0.2) is 60.7 Å². The van der Waals surface area contributed by atoms with Gasteiger partial charge in [0.25, 0.3) is 5.91 Å². The van der Waals surface area contributed by atoms with E-state index in [2.05, 4.69) is 16.0 Å². The van der Waals surface area contributed by atoms with E-state index in [1.165, 1.54) is 38.5 Å². The predicted molar refractivity (Wildman–Crippen MR) is 125 cm³/mol. The smallest absolute Gasteiger partial charge is 0.255 e. The van der Waals surface area contributed by atoms with Crippen molar-refractivity contribution in [3.63, 3.8) is 0 Å². The van der Waals surface area contributed by atoms with Crippen LogP contribution in [-0.4, -0.2) is 25.2 Å². The Balaban J connectivity index is 1.63. The summed E-state index contributed by atoms with van der Waals surface area (Å²) in [6, 6.07) is 15.7. The summed E-state index contributed by atoms with van der Waals surface area (Å²) in [5.41, 5.74) is 2.06. The molecule has 0 saturated heterocycles. The molecule has 0 aromatic heterocycles. The zero-order valence-corrected chi connectivity index (χ0v) is 18.2. The Morgan fingerprint density at radius 1 is 0.903 bits per heavy atom. The Labute approximate surface area is 189 Å². The van der Waals surface area contributed by atoms with Crippen molar-refractivity contribution < 1.29 is 18.7 Å². The minimum absolute atomic E-state index is 0.236. The highest BCUT2D eigenvalue weighted by Gasteiger charge is 2.12. The summed E-state index contributed by atoms with van der Waals surface area (Å²) in [5, 5.41) is 9.50. The molecule has 3 aromatic rings. The Bertz CT molecular complexity index is 1110. The van der Waals surface area contributed by atoms with Gasteiger partial charge in [-0.2, -0.15) is 0 Å². The molecule has 0 spiro atoms. The van der Waals surface area contributed by atoms with Crippen LogP contribution in [0.25, 0.3) is 0 Å². The third-order valence-corrected chi connectivity index (χ3v) is 4.71. The zero-order valence-electron chi connectivity index (χ0n) is 16.7. The van der Waals surface area contributed by atoms with E-state index in [0.717, 1.165) is 0 Å². The first-order chi connectivity index (χ1) is 14.9. The number of halogens is 2. The number of anilines is 3. The average Bonchev–Trinajstić information content (AvgIpc) is 2.75. The van der Waals surface area contributed by atoms with Crippen molar-refractivity contribution in [2.45, 2.75) is 0 Å². The van der Waals surface area contributed by atoms with Crippen molar-refractivity contribution in [2.75, 3.05) is 30.2 Å². The SMILES string of the molecule is COc1cc(OC)c(NC(=S)Nc2ccc(NC(=O)c3cccc(F)c3)cc2)cc1Cl. The lowest BCUT2D eigenvalue weighted by Gasteiger charge is -2.15. The number of benzene rings is 3. The molecule has 0 aliphatic rings. The lowest BCUT2D eigenvalue weighted by atomic mass is 10.2. The average molecular weight is 460 g/mol. The molecule has 160 valence electrons. The second-order valence-corrected chi connectivity index (χ2v) is 7.12. The number of hydrogen-bond acceptors (Lipinski definition) is 4. The standard InChI is InChI=1S/C22H19ClFN3O3S/c1-29-19-12-20(30-2)18(11-17(19)23)27-22(31)26-16-8-6-15(7-9-16)25-21(28)13-4-3-5-14(24)10-13/h3-12H,1-2H3,(H,25,28)(H2,26,27,31). The lowest BCUT2D eigenvalue weighted by Crippen LogP contribution is -2.19. The van der Waals surface area contributed by atoms with Gasteiger partial charge in [0, 0.05) is 23.0 Å². The number of amides is 1. The summed E-state index contributed by atoms with van der Waals surface area (Å²) in [4.78, 5) is 12.2. The topological polar surface area (TPSA) is 71.6 Å². The molecule has 0 atom stereocenters. The summed E-state index contributed by atoms with van der Waals surface area (Å²) in [7, 11) is 3.05. The van der Waals surface area contributed by atoms with Crippen molar-refractivity contribution in [3.8, 4) is 11.5 Å². The molecule has 0 aliphatic carbocycles. The molecular weight excluding hydrogens is 441 g/mol. The van der Waals surface area contributed by atoms with Crippen LogP contribution in [0.1, 0.15) is 10.4 Å². The fourth-order valence-corrected chi connectivity index (χ4v) is 3.18. The maximum atomic E-state index is 13.3. The number of methoxy groups -OCH3 is 2. The highest BCUT2D eigenvalue weighted by Crippen LogP contribution is 2.36. The molecule has 0 fully saturated rings. The van der Waals surface area contributed by atoms with Crippen molar-refractivity contribution in [3.05, 3.63) is 77.1 Å². The maximum absolute atomic E-state index is 13.3. The van der Waals surface area contributed by atoms with Crippen molar-refractivity contribution in [1.29, 1.82) is 0 Å². The number of rotatable bonds is 6.